The highest BCUT2D eigenvalue weighted by atomic mass is 16.6. The molecular weight excluding hydrogens is 1660 g/mol. The average Bonchev–Trinajstić information content (AvgIpc) is 1.45. The molecule has 2 aromatic carbocycles. The van der Waals surface area contributed by atoms with Crippen LogP contribution in [-0.4, -0.2) is 286 Å². The first-order valence-electron chi connectivity index (χ1n) is 46.1. The molecule has 5 aromatic rings. The molecule has 3 fully saturated rings. The Morgan fingerprint density at radius 1 is 0.690 bits per heavy atom. The monoisotopic (exact) mass is 1810 g/mol. The smallest absolute Gasteiger partial charge is 0.329 e. The van der Waals surface area contributed by atoms with Crippen molar-refractivity contribution in [3.63, 3.8) is 0 Å². The fourth-order valence-corrected chi connectivity index (χ4v) is 17.3. The van der Waals surface area contributed by atoms with Crippen LogP contribution in [0.1, 0.15) is 175 Å². The highest BCUT2D eigenvalue weighted by Gasteiger charge is 2.55. The van der Waals surface area contributed by atoms with E-state index in [1.807, 2.05) is 85.9 Å². The lowest BCUT2D eigenvalue weighted by atomic mass is 9.78. The Morgan fingerprint density at radius 2 is 1.39 bits per heavy atom. The summed E-state index contributed by atoms with van der Waals surface area (Å²) < 4.78 is 86.8. The molecule has 1 unspecified atom stereocenters. The summed E-state index contributed by atoms with van der Waals surface area (Å²) in [6.07, 6.45) is 14.0. The van der Waals surface area contributed by atoms with E-state index in [1.54, 1.807) is 48.2 Å². The number of hydrogen-bond acceptors (Lipinski definition) is 30. The van der Waals surface area contributed by atoms with Crippen LogP contribution in [-0.2, 0) is 115 Å². The molecule has 5 aliphatic rings. The van der Waals surface area contributed by atoms with Gasteiger partial charge in [0.05, 0.1) is 129 Å². The number of amides is 2. The highest BCUT2D eigenvalue weighted by Crippen LogP contribution is 2.39. The van der Waals surface area contributed by atoms with E-state index >= 15 is 0 Å². The molecule has 10 rings (SSSR count). The number of anilines is 2. The fourth-order valence-electron chi connectivity index (χ4n) is 17.3. The zero-order chi connectivity index (χ0) is 92.9. The number of fused-ring (bicyclic) bond motifs is 6. The number of ketones is 2. The number of aromatic nitrogens is 5. The largest absolute Gasteiger partial charge is 0.460 e. The standard InChI is InChI=1S/C62H101NO18.C34H42N8O6/c1-40-18-13-12-14-19-41(2)52(73-9)38-48-24-22-42(3)59(68)62(71,81-48)61(70)63-26-16-15-20-49(63)60(69)80-53(39-50(64)43(4)35-46(7)57(67)58(75-11)56(66)45(6)34-40)44(5)36-47-23-25-51(54(37-47)74-10)79-55(65)21-17-27-76-30-31-78-33-32-77-29-28-72-8;1-2-10-44-12-14-46-16-17-47-15-13-45-11-8-29(43)41-9-7-24-18-23(3-4-26(24)21-41)20-42-33-30(32(35)37-22-38-33)31(40-42)25-5-6-28-27(19-25)39-34(36)48-28/h12-14,18-19,35,40,42-45,47-54,57-58,64,67,71H,15-17,20-34,36-39H2,1-11H3;3-6,18-19,22H,2,7-17,20-21H2,1H3,(H2,36,39)(H2,35,37,38)/b14-12+,18-13+,41-19+,46-35+;/t40-,42-,43-,44-,45-,47+,48+,49+,50-,51-,52+,53+,54-,57-,58+,62?;/m1./s1. The summed E-state index contributed by atoms with van der Waals surface area (Å²) in [6.45, 7) is 24.1. The number of carbonyl (C=O) groups is 6. The van der Waals surface area contributed by atoms with Crippen LogP contribution in [0.3, 0.4) is 0 Å². The van der Waals surface area contributed by atoms with Gasteiger partial charge >= 0.3 is 17.7 Å². The Balaban J connectivity index is 0.000000329. The molecule has 3 aromatic heterocycles. The summed E-state index contributed by atoms with van der Waals surface area (Å²) in [5.41, 5.74) is 20.1. The second-order valence-corrected chi connectivity index (χ2v) is 34.7. The van der Waals surface area contributed by atoms with Crippen LogP contribution >= 0.6 is 0 Å². The van der Waals surface area contributed by atoms with Crippen molar-refractivity contribution in [1.29, 1.82) is 0 Å². The van der Waals surface area contributed by atoms with Crippen LogP contribution in [0.25, 0.3) is 33.4 Å². The molecule has 0 spiro atoms. The quantitative estimate of drug-likeness (QED) is 0.0107. The highest BCUT2D eigenvalue weighted by molar-refractivity contribution is 6.09. The van der Waals surface area contributed by atoms with Gasteiger partial charge in [-0.1, -0.05) is 96.2 Å². The van der Waals surface area contributed by atoms with Crippen molar-refractivity contribution in [2.24, 2.45) is 35.5 Å². The molecule has 7 N–H and O–H groups in total. The minimum absolute atomic E-state index is 0.00555. The molecule has 4 aliphatic heterocycles. The maximum absolute atomic E-state index is 14.8. The molecule has 0 radical (unpaired) electrons. The number of methoxy groups -OCH3 is 4. The van der Waals surface area contributed by atoms with Gasteiger partial charge in [0.1, 0.15) is 53.8 Å². The minimum atomic E-state index is -2.87. The van der Waals surface area contributed by atoms with Gasteiger partial charge in [-0.15, -0.1) is 0 Å². The molecule has 129 heavy (non-hydrogen) atoms. The summed E-state index contributed by atoms with van der Waals surface area (Å²) in [7, 11) is 6.16. The van der Waals surface area contributed by atoms with Crippen molar-refractivity contribution in [3.8, 4) is 11.3 Å². The van der Waals surface area contributed by atoms with Gasteiger partial charge in [-0.3, -0.25) is 24.0 Å². The number of oxazole rings is 1. The van der Waals surface area contributed by atoms with Crippen LogP contribution in [0.4, 0.5) is 11.8 Å². The minimum Gasteiger partial charge on any atom is -0.460 e. The topological polar surface area (TPSA) is 420 Å². The molecule has 2 bridgehead atoms. The van der Waals surface area contributed by atoms with E-state index in [2.05, 4.69) is 40.1 Å². The summed E-state index contributed by atoms with van der Waals surface area (Å²) in [5, 5.41) is 41.5. The first-order valence-corrected chi connectivity index (χ1v) is 46.1. The second kappa shape index (κ2) is 54.0. The number of nitrogens with two attached hydrogens (primary N) is 2. The number of nitrogen functional groups attached to an aromatic ring is 2. The number of ether oxygens (including phenoxy) is 14. The Kier molecular flexibility index (Phi) is 43.7. The number of allylic oxidation sites excluding steroid dienone is 5. The SMILES string of the molecule is CCCOCCOCCOCCOCCC(=O)N1CCc2cc(Cn3nc(-c4ccc5oc(N)nc5c4)c4c(N)ncnc43)ccc2C1.COCCOCCOCCOCCCC(=O)O[C@@H]1CC[C@@H](C[C@@H](C)[C@@H]2C[C@@H](O)[C@H](C)/C=C(\C)[C@@H](O)[C@@H](OC)C(=O)[C@H](C)C[C@H](C)/C=C/C=C/C=C(\C)[C@@H](OC)C[C@@H]3CC[C@@H](C)C(=O)C(O)(O3)C(=O)N3CCCC[C@H]3C(=O)O2)C[C@H]1OC. The lowest BCUT2D eigenvalue weighted by Gasteiger charge is -2.40. The van der Waals surface area contributed by atoms with Gasteiger partial charge in [-0.05, 0) is 161 Å². The lowest BCUT2D eigenvalue weighted by Crippen LogP contribution is -2.62. The number of rotatable bonds is 37. The van der Waals surface area contributed by atoms with Crippen molar-refractivity contribution in [1.82, 2.24) is 34.5 Å². The number of benzene rings is 2. The predicted octanol–water partition coefficient (Wildman–Crippen LogP) is 10.6. The van der Waals surface area contributed by atoms with E-state index in [1.165, 1.54) is 23.9 Å². The number of nitrogens with zero attached hydrogens (tertiary/aromatic N) is 7. The van der Waals surface area contributed by atoms with Crippen molar-refractivity contribution >= 4 is 69.3 Å². The Labute approximate surface area is 759 Å². The average molecular weight is 1810 g/mol. The van der Waals surface area contributed by atoms with E-state index in [0.29, 0.717) is 222 Å². The molecule has 16 atom stereocenters. The van der Waals surface area contributed by atoms with Gasteiger partial charge in [0, 0.05) is 104 Å². The molecule has 1 saturated carbocycles. The number of aliphatic hydroxyl groups excluding tert-OH is 2. The zero-order valence-electron chi connectivity index (χ0n) is 77.8. The van der Waals surface area contributed by atoms with Crippen LogP contribution in [0.15, 0.2) is 94.7 Å². The van der Waals surface area contributed by atoms with E-state index in [0.717, 1.165) is 41.7 Å². The molecule has 7 heterocycles. The van der Waals surface area contributed by atoms with E-state index in [4.69, 9.17) is 87.3 Å². The third-order valence-corrected chi connectivity index (χ3v) is 24.8. The summed E-state index contributed by atoms with van der Waals surface area (Å²) >= 11 is 0. The third kappa shape index (κ3) is 31.4. The Hall–Kier alpha value is -8.36. The summed E-state index contributed by atoms with van der Waals surface area (Å²) in [6, 6.07) is 10.9. The molecule has 1 aliphatic carbocycles. The maximum atomic E-state index is 14.8. The number of cyclic esters (lactones) is 1. The van der Waals surface area contributed by atoms with Gasteiger partial charge in [0.25, 0.3) is 11.9 Å². The Morgan fingerprint density at radius 3 is 2.08 bits per heavy atom. The van der Waals surface area contributed by atoms with Gasteiger partial charge in [-0.25, -0.2) is 19.4 Å². The molecule has 33 heteroatoms. The molecule has 716 valence electrons. The van der Waals surface area contributed by atoms with Crippen LogP contribution in [0.2, 0.25) is 0 Å². The first kappa shape index (κ1) is 104. The van der Waals surface area contributed by atoms with Crippen molar-refractivity contribution in [2.75, 3.05) is 152 Å². The number of carbonyl (C=O) groups excluding carboxylic acids is 6. The normalized spacial score (nSPS) is 27.2. The van der Waals surface area contributed by atoms with Gasteiger partial charge in [0.2, 0.25) is 11.7 Å². The zero-order valence-corrected chi connectivity index (χ0v) is 77.8. The number of piperidine rings is 1. The van der Waals surface area contributed by atoms with Gasteiger partial charge in [-0.2, -0.15) is 10.1 Å². The molecule has 2 saturated heterocycles. The van der Waals surface area contributed by atoms with Gasteiger partial charge in [0.15, 0.2) is 17.0 Å². The summed E-state index contributed by atoms with van der Waals surface area (Å²) in [5.74, 6) is -7.61. The second-order valence-electron chi connectivity index (χ2n) is 34.7. The van der Waals surface area contributed by atoms with Crippen LogP contribution in [0.5, 0.6) is 0 Å². The van der Waals surface area contributed by atoms with Crippen molar-refractivity contribution in [3.05, 3.63) is 107 Å². The number of hydrogen-bond donors (Lipinski definition) is 5. The van der Waals surface area contributed by atoms with Crippen LogP contribution in [0, 0.1) is 35.5 Å². The number of aliphatic hydroxyl groups is 3. The van der Waals surface area contributed by atoms with E-state index in [-0.39, 0.29) is 73.7 Å². The predicted molar refractivity (Wildman–Crippen MR) is 484 cm³/mol. The number of Topliss-reactive ketones (excluding diaryl/α,β-unsaturated/α-hetero) is 2. The lowest BCUT2D eigenvalue weighted by molar-refractivity contribution is -0.231. The van der Waals surface area contributed by atoms with E-state index in [9.17, 15) is 44.1 Å². The summed E-state index contributed by atoms with van der Waals surface area (Å²) in [4.78, 5) is 99.6. The molecule has 33 nitrogen and oxygen atoms in total. The molecular formula is C96H143N9O24. The Bertz CT molecular complexity index is 4460. The maximum Gasteiger partial charge on any atom is 0.329 e. The fraction of sp³-hybridized carbons (Fsp3) is 0.667. The first-order chi connectivity index (χ1) is 62.2. The van der Waals surface area contributed by atoms with Crippen LogP contribution < -0.4 is 11.5 Å². The van der Waals surface area contributed by atoms with Crippen molar-refractivity contribution < 1.29 is 115 Å². The molecule has 2 amide bonds. The third-order valence-electron chi connectivity index (χ3n) is 24.8. The van der Waals surface area contributed by atoms with Gasteiger partial charge < -0.3 is 107 Å². The van der Waals surface area contributed by atoms with E-state index < -0.39 is 96.1 Å². The number of esters is 2. The van der Waals surface area contributed by atoms with Crippen molar-refractivity contribution in [2.45, 2.75) is 238 Å².